The lowest BCUT2D eigenvalue weighted by atomic mass is 10.1. The molecular formula is C15H23N3O. The van der Waals surface area contributed by atoms with Crippen LogP contribution in [-0.4, -0.2) is 23.0 Å². The van der Waals surface area contributed by atoms with Crippen molar-refractivity contribution < 1.29 is 4.79 Å². The van der Waals surface area contributed by atoms with Crippen molar-refractivity contribution in [2.75, 3.05) is 0 Å². The van der Waals surface area contributed by atoms with Crippen LogP contribution in [-0.2, 0) is 4.79 Å². The van der Waals surface area contributed by atoms with Crippen LogP contribution < -0.4 is 10.6 Å². The van der Waals surface area contributed by atoms with Gasteiger partial charge in [-0.1, -0.05) is 18.9 Å². The van der Waals surface area contributed by atoms with Gasteiger partial charge in [0.25, 0.3) is 0 Å². The van der Waals surface area contributed by atoms with E-state index in [9.17, 15) is 4.79 Å². The molecule has 1 aromatic rings. The minimum absolute atomic E-state index is 0.0997. The third kappa shape index (κ3) is 4.03. The Morgan fingerprint density at radius 1 is 1.37 bits per heavy atom. The van der Waals surface area contributed by atoms with Crippen LogP contribution in [0, 0.1) is 0 Å². The highest BCUT2D eigenvalue weighted by atomic mass is 16.2. The first-order valence-corrected chi connectivity index (χ1v) is 7.13. The van der Waals surface area contributed by atoms with Gasteiger partial charge in [-0.2, -0.15) is 0 Å². The summed E-state index contributed by atoms with van der Waals surface area (Å²) in [7, 11) is 0. The Morgan fingerprint density at radius 3 is 2.74 bits per heavy atom. The molecule has 4 heteroatoms. The summed E-state index contributed by atoms with van der Waals surface area (Å²) in [6.45, 7) is 3.97. The highest BCUT2D eigenvalue weighted by molar-refractivity contribution is 5.81. The van der Waals surface area contributed by atoms with Gasteiger partial charge in [-0.05, 0) is 38.3 Å². The van der Waals surface area contributed by atoms with Crippen LogP contribution in [0.3, 0.4) is 0 Å². The molecule has 0 aliphatic heterocycles. The molecule has 0 saturated heterocycles. The average Bonchev–Trinajstić information content (AvgIpc) is 2.92. The predicted molar refractivity (Wildman–Crippen MR) is 75.6 cm³/mol. The van der Waals surface area contributed by atoms with Crippen LogP contribution in [0.2, 0.25) is 0 Å². The second-order valence-electron chi connectivity index (χ2n) is 5.39. The summed E-state index contributed by atoms with van der Waals surface area (Å²) < 4.78 is 0. The maximum Gasteiger partial charge on any atom is 0.237 e. The van der Waals surface area contributed by atoms with Crippen molar-refractivity contribution in [1.29, 1.82) is 0 Å². The van der Waals surface area contributed by atoms with Gasteiger partial charge in [0.1, 0.15) is 0 Å². The first-order valence-electron chi connectivity index (χ1n) is 7.13. The fraction of sp³-hybridized carbons (Fsp3) is 0.600. The first-order chi connectivity index (χ1) is 9.16. The number of hydrogen-bond donors (Lipinski definition) is 2. The molecule has 1 aliphatic rings. The summed E-state index contributed by atoms with van der Waals surface area (Å²) in [6.07, 6.45) is 8.30. The van der Waals surface area contributed by atoms with E-state index in [0.29, 0.717) is 6.04 Å². The van der Waals surface area contributed by atoms with E-state index in [0.717, 1.165) is 18.4 Å². The van der Waals surface area contributed by atoms with Gasteiger partial charge in [-0.25, -0.2) is 0 Å². The third-order valence-electron chi connectivity index (χ3n) is 3.78. The molecule has 2 rings (SSSR count). The maximum absolute atomic E-state index is 12.1. The SMILES string of the molecule is CC(N[C@H](C)c1cccnc1)C(=O)NC1CCCC1. The number of aromatic nitrogens is 1. The Hall–Kier alpha value is -1.42. The van der Waals surface area contributed by atoms with E-state index in [-0.39, 0.29) is 18.0 Å². The van der Waals surface area contributed by atoms with Crippen LogP contribution >= 0.6 is 0 Å². The summed E-state index contributed by atoms with van der Waals surface area (Å²) in [5.41, 5.74) is 1.10. The van der Waals surface area contributed by atoms with Crippen molar-refractivity contribution in [2.45, 2.75) is 57.7 Å². The van der Waals surface area contributed by atoms with Crippen molar-refractivity contribution in [1.82, 2.24) is 15.6 Å². The standard InChI is InChI=1S/C15H23N3O/c1-11(13-6-5-9-16-10-13)17-12(2)15(19)18-14-7-3-4-8-14/h5-6,9-12,14,17H,3-4,7-8H2,1-2H3,(H,18,19)/t11-,12?/m1/s1. The largest absolute Gasteiger partial charge is 0.352 e. The lowest BCUT2D eigenvalue weighted by Crippen LogP contribution is -2.46. The topological polar surface area (TPSA) is 54.0 Å². The average molecular weight is 261 g/mol. The smallest absolute Gasteiger partial charge is 0.237 e. The number of carbonyl (C=O) groups excluding carboxylic acids is 1. The lowest BCUT2D eigenvalue weighted by Gasteiger charge is -2.21. The minimum atomic E-state index is -0.184. The van der Waals surface area contributed by atoms with Crippen LogP contribution in [0.15, 0.2) is 24.5 Å². The zero-order valence-electron chi connectivity index (χ0n) is 11.7. The van der Waals surface area contributed by atoms with Crippen LogP contribution in [0.25, 0.3) is 0 Å². The molecular weight excluding hydrogens is 238 g/mol. The fourth-order valence-corrected chi connectivity index (χ4v) is 2.58. The molecule has 19 heavy (non-hydrogen) atoms. The van der Waals surface area contributed by atoms with Gasteiger partial charge in [0.15, 0.2) is 0 Å². The van der Waals surface area contributed by atoms with Crippen LogP contribution in [0.4, 0.5) is 0 Å². The van der Waals surface area contributed by atoms with Gasteiger partial charge < -0.3 is 5.32 Å². The highest BCUT2D eigenvalue weighted by Gasteiger charge is 2.21. The van der Waals surface area contributed by atoms with E-state index in [4.69, 9.17) is 0 Å². The first kappa shape index (κ1) is 14.0. The molecule has 1 aliphatic carbocycles. The fourth-order valence-electron chi connectivity index (χ4n) is 2.58. The summed E-state index contributed by atoms with van der Waals surface area (Å²) in [4.78, 5) is 16.2. The van der Waals surface area contributed by atoms with Crippen molar-refractivity contribution in [3.05, 3.63) is 30.1 Å². The third-order valence-corrected chi connectivity index (χ3v) is 3.78. The molecule has 2 atom stereocenters. The maximum atomic E-state index is 12.1. The molecule has 0 spiro atoms. The number of pyridine rings is 1. The Kier molecular flexibility index (Phi) is 4.91. The van der Waals surface area contributed by atoms with E-state index in [2.05, 4.69) is 22.5 Å². The Balaban J connectivity index is 1.82. The highest BCUT2D eigenvalue weighted by Crippen LogP contribution is 2.18. The molecule has 0 aromatic carbocycles. The normalized spacial score (nSPS) is 19.1. The van der Waals surface area contributed by atoms with Crippen molar-refractivity contribution in [2.24, 2.45) is 0 Å². The van der Waals surface area contributed by atoms with E-state index < -0.39 is 0 Å². The molecule has 1 amide bonds. The molecule has 0 radical (unpaired) electrons. The van der Waals surface area contributed by atoms with Crippen LogP contribution in [0.5, 0.6) is 0 Å². The summed E-state index contributed by atoms with van der Waals surface area (Å²) in [6, 6.07) is 4.25. The predicted octanol–water partition coefficient (Wildman–Crippen LogP) is 2.18. The molecule has 1 unspecified atom stereocenters. The molecule has 2 N–H and O–H groups in total. The van der Waals surface area contributed by atoms with E-state index in [1.165, 1.54) is 12.8 Å². The Labute approximate surface area is 115 Å². The van der Waals surface area contributed by atoms with Gasteiger partial charge in [-0.3, -0.25) is 15.1 Å². The minimum Gasteiger partial charge on any atom is -0.352 e. The van der Waals surface area contributed by atoms with Gasteiger partial charge >= 0.3 is 0 Å². The molecule has 104 valence electrons. The Bertz CT molecular complexity index is 401. The number of hydrogen-bond acceptors (Lipinski definition) is 3. The lowest BCUT2D eigenvalue weighted by molar-refractivity contribution is -0.123. The number of amides is 1. The molecule has 1 fully saturated rings. The summed E-state index contributed by atoms with van der Waals surface area (Å²) >= 11 is 0. The van der Waals surface area contributed by atoms with E-state index in [1.807, 2.05) is 25.3 Å². The summed E-state index contributed by atoms with van der Waals surface area (Å²) in [5.74, 6) is 0.0997. The van der Waals surface area contributed by atoms with Crippen molar-refractivity contribution in [3.63, 3.8) is 0 Å². The zero-order valence-corrected chi connectivity index (χ0v) is 11.7. The second-order valence-corrected chi connectivity index (χ2v) is 5.39. The summed E-state index contributed by atoms with van der Waals surface area (Å²) in [5, 5.41) is 6.44. The molecule has 4 nitrogen and oxygen atoms in total. The number of nitrogens with one attached hydrogen (secondary N) is 2. The van der Waals surface area contributed by atoms with Crippen molar-refractivity contribution >= 4 is 5.91 Å². The van der Waals surface area contributed by atoms with Gasteiger partial charge in [-0.15, -0.1) is 0 Å². The quantitative estimate of drug-likeness (QED) is 0.854. The zero-order chi connectivity index (χ0) is 13.7. The van der Waals surface area contributed by atoms with Crippen LogP contribution in [0.1, 0.15) is 51.1 Å². The second kappa shape index (κ2) is 6.66. The van der Waals surface area contributed by atoms with E-state index in [1.54, 1.807) is 6.20 Å². The Morgan fingerprint density at radius 2 is 2.11 bits per heavy atom. The van der Waals surface area contributed by atoms with E-state index >= 15 is 0 Å². The molecule has 1 saturated carbocycles. The molecule has 1 aromatic heterocycles. The van der Waals surface area contributed by atoms with Gasteiger partial charge in [0.05, 0.1) is 6.04 Å². The monoisotopic (exact) mass is 261 g/mol. The number of carbonyl (C=O) groups is 1. The number of nitrogens with zero attached hydrogens (tertiary/aromatic N) is 1. The molecule has 1 heterocycles. The van der Waals surface area contributed by atoms with Crippen molar-refractivity contribution in [3.8, 4) is 0 Å². The van der Waals surface area contributed by atoms with Gasteiger partial charge in [0, 0.05) is 24.5 Å². The molecule has 0 bridgehead atoms. The number of rotatable bonds is 5. The van der Waals surface area contributed by atoms with Gasteiger partial charge in [0.2, 0.25) is 5.91 Å².